The van der Waals surface area contributed by atoms with Crippen LogP contribution in [0.2, 0.25) is 0 Å². The molecular weight excluding hydrogens is 380 g/mol. The van der Waals surface area contributed by atoms with Crippen molar-refractivity contribution in [3.8, 4) is 0 Å². The van der Waals surface area contributed by atoms with E-state index in [1.165, 1.54) is 11.9 Å². The van der Waals surface area contributed by atoms with Gasteiger partial charge in [0.2, 0.25) is 5.91 Å². The molecular formula is C16H19BrN2O5. The number of rotatable bonds is 5. The number of likely N-dealkylation sites (N-methyl/N-ethyl adjacent to an activating group) is 1. The SMILES string of the molecule is CN(CC(=O)N1CCOCC1)C(=O)COC(=O)c1ccccc1Br. The van der Waals surface area contributed by atoms with Gasteiger partial charge in [-0.3, -0.25) is 9.59 Å². The van der Waals surface area contributed by atoms with Crippen LogP contribution in [-0.4, -0.2) is 74.1 Å². The standard InChI is InChI=1S/C16H19BrN2O5/c1-18(10-14(20)19-6-8-23-9-7-19)15(21)11-24-16(22)12-4-2-3-5-13(12)17/h2-5H,6-11H2,1H3. The van der Waals surface area contributed by atoms with Gasteiger partial charge >= 0.3 is 5.97 Å². The van der Waals surface area contributed by atoms with Crippen molar-refractivity contribution in [3.63, 3.8) is 0 Å². The lowest BCUT2D eigenvalue weighted by molar-refractivity contribution is -0.143. The third kappa shape index (κ3) is 5.04. The zero-order valence-corrected chi connectivity index (χ0v) is 15.0. The maximum atomic E-state index is 12.1. The highest BCUT2D eigenvalue weighted by atomic mass is 79.9. The molecule has 1 aliphatic rings. The Kier molecular flexibility index (Phi) is 6.74. The van der Waals surface area contributed by atoms with Crippen LogP contribution in [-0.2, 0) is 19.1 Å². The molecule has 0 aliphatic carbocycles. The summed E-state index contributed by atoms with van der Waals surface area (Å²) < 4.78 is 10.8. The molecule has 1 heterocycles. The number of esters is 1. The van der Waals surface area contributed by atoms with Gasteiger partial charge in [0.25, 0.3) is 5.91 Å². The maximum absolute atomic E-state index is 12.1. The van der Waals surface area contributed by atoms with Crippen LogP contribution >= 0.6 is 15.9 Å². The van der Waals surface area contributed by atoms with Crippen LogP contribution in [0.3, 0.4) is 0 Å². The summed E-state index contributed by atoms with van der Waals surface area (Å²) in [6.07, 6.45) is 0. The number of halogens is 1. The number of hydrogen-bond acceptors (Lipinski definition) is 5. The minimum Gasteiger partial charge on any atom is -0.452 e. The first kappa shape index (κ1) is 18.4. The monoisotopic (exact) mass is 398 g/mol. The molecule has 0 atom stereocenters. The second-order valence-electron chi connectivity index (χ2n) is 5.30. The van der Waals surface area contributed by atoms with E-state index in [0.717, 1.165) is 0 Å². The van der Waals surface area contributed by atoms with Crippen LogP contribution in [0.4, 0.5) is 0 Å². The summed E-state index contributed by atoms with van der Waals surface area (Å²) in [6.45, 7) is 1.61. The highest BCUT2D eigenvalue weighted by molar-refractivity contribution is 9.10. The molecule has 2 amide bonds. The number of amides is 2. The van der Waals surface area contributed by atoms with Crippen molar-refractivity contribution >= 4 is 33.7 Å². The van der Waals surface area contributed by atoms with Crippen LogP contribution in [0.25, 0.3) is 0 Å². The van der Waals surface area contributed by atoms with E-state index < -0.39 is 18.5 Å². The van der Waals surface area contributed by atoms with Gasteiger partial charge in [-0.2, -0.15) is 0 Å². The minimum absolute atomic E-state index is 0.0502. The molecule has 130 valence electrons. The van der Waals surface area contributed by atoms with Gasteiger partial charge in [0.1, 0.15) is 0 Å². The summed E-state index contributed by atoms with van der Waals surface area (Å²) in [7, 11) is 1.51. The Hall–Kier alpha value is -1.93. The summed E-state index contributed by atoms with van der Waals surface area (Å²) in [4.78, 5) is 39.0. The van der Waals surface area contributed by atoms with E-state index >= 15 is 0 Å². The molecule has 0 spiro atoms. The van der Waals surface area contributed by atoms with Crippen molar-refractivity contribution in [3.05, 3.63) is 34.3 Å². The Morgan fingerprint density at radius 3 is 2.58 bits per heavy atom. The van der Waals surface area contributed by atoms with Crippen LogP contribution < -0.4 is 0 Å². The number of ether oxygens (including phenoxy) is 2. The topological polar surface area (TPSA) is 76.2 Å². The van der Waals surface area contributed by atoms with E-state index in [4.69, 9.17) is 9.47 Å². The lowest BCUT2D eigenvalue weighted by Crippen LogP contribution is -2.46. The van der Waals surface area contributed by atoms with Gasteiger partial charge in [-0.1, -0.05) is 12.1 Å². The lowest BCUT2D eigenvalue weighted by Gasteiger charge is -2.28. The molecule has 1 aromatic carbocycles. The fourth-order valence-electron chi connectivity index (χ4n) is 2.15. The third-order valence-electron chi connectivity index (χ3n) is 3.58. The second-order valence-corrected chi connectivity index (χ2v) is 6.15. The molecule has 0 aromatic heterocycles. The van der Waals surface area contributed by atoms with E-state index in [9.17, 15) is 14.4 Å². The molecule has 0 saturated carbocycles. The number of benzene rings is 1. The maximum Gasteiger partial charge on any atom is 0.339 e. The number of morpholine rings is 1. The molecule has 0 N–H and O–H groups in total. The van der Waals surface area contributed by atoms with Crippen molar-refractivity contribution in [2.24, 2.45) is 0 Å². The largest absolute Gasteiger partial charge is 0.452 e. The van der Waals surface area contributed by atoms with E-state index in [1.54, 1.807) is 29.2 Å². The van der Waals surface area contributed by atoms with E-state index in [-0.39, 0.29) is 12.5 Å². The fraction of sp³-hybridized carbons (Fsp3) is 0.438. The molecule has 1 fully saturated rings. The molecule has 2 rings (SSSR count). The summed E-state index contributed by atoms with van der Waals surface area (Å²) in [6, 6.07) is 6.79. The Bertz CT molecular complexity index is 616. The van der Waals surface area contributed by atoms with Crippen LogP contribution in [0, 0.1) is 0 Å². The number of nitrogens with zero attached hydrogens (tertiary/aromatic N) is 2. The summed E-state index contributed by atoms with van der Waals surface area (Å²) in [5.41, 5.74) is 0.345. The van der Waals surface area contributed by atoms with Gasteiger partial charge in [-0.25, -0.2) is 4.79 Å². The third-order valence-corrected chi connectivity index (χ3v) is 4.27. The van der Waals surface area contributed by atoms with Gasteiger partial charge < -0.3 is 19.3 Å². The quantitative estimate of drug-likeness (QED) is 0.689. The number of hydrogen-bond donors (Lipinski definition) is 0. The van der Waals surface area contributed by atoms with Crippen molar-refractivity contribution in [2.75, 3.05) is 46.5 Å². The van der Waals surface area contributed by atoms with E-state index in [1.807, 2.05) is 0 Å². The van der Waals surface area contributed by atoms with Gasteiger partial charge in [0.15, 0.2) is 6.61 Å². The number of carbonyl (C=O) groups excluding carboxylic acids is 3. The van der Waals surface area contributed by atoms with Gasteiger partial charge in [0, 0.05) is 24.6 Å². The molecule has 1 saturated heterocycles. The first-order valence-electron chi connectivity index (χ1n) is 7.50. The van der Waals surface area contributed by atoms with Gasteiger partial charge in [-0.05, 0) is 28.1 Å². The average molecular weight is 399 g/mol. The van der Waals surface area contributed by atoms with E-state index in [2.05, 4.69) is 15.9 Å². The molecule has 7 nitrogen and oxygen atoms in total. The highest BCUT2D eigenvalue weighted by Gasteiger charge is 2.21. The predicted molar refractivity (Wildman–Crippen MR) is 89.5 cm³/mol. The van der Waals surface area contributed by atoms with E-state index in [0.29, 0.717) is 36.3 Å². The fourth-order valence-corrected chi connectivity index (χ4v) is 2.59. The van der Waals surface area contributed by atoms with Crippen LogP contribution in [0.5, 0.6) is 0 Å². The minimum atomic E-state index is -0.594. The zero-order valence-electron chi connectivity index (χ0n) is 13.4. The summed E-state index contributed by atoms with van der Waals surface area (Å²) in [5.74, 6) is -1.17. The van der Waals surface area contributed by atoms with Crippen molar-refractivity contribution < 1.29 is 23.9 Å². The smallest absolute Gasteiger partial charge is 0.339 e. The Morgan fingerprint density at radius 1 is 1.25 bits per heavy atom. The molecule has 0 unspecified atom stereocenters. The zero-order chi connectivity index (χ0) is 17.5. The van der Waals surface area contributed by atoms with Crippen molar-refractivity contribution in [1.29, 1.82) is 0 Å². The van der Waals surface area contributed by atoms with Crippen LogP contribution in [0.1, 0.15) is 10.4 Å². The summed E-state index contributed by atoms with van der Waals surface area (Å²) in [5, 5.41) is 0. The Balaban J connectivity index is 1.80. The molecule has 24 heavy (non-hydrogen) atoms. The highest BCUT2D eigenvalue weighted by Crippen LogP contribution is 2.16. The predicted octanol–water partition coefficient (Wildman–Crippen LogP) is 0.923. The molecule has 0 radical (unpaired) electrons. The van der Waals surface area contributed by atoms with Gasteiger partial charge in [-0.15, -0.1) is 0 Å². The average Bonchev–Trinajstić information content (AvgIpc) is 2.60. The molecule has 0 bridgehead atoms. The Morgan fingerprint density at radius 2 is 1.92 bits per heavy atom. The summed E-state index contributed by atoms with van der Waals surface area (Å²) >= 11 is 3.25. The normalized spacial score (nSPS) is 14.2. The van der Waals surface area contributed by atoms with Gasteiger partial charge in [0.05, 0.1) is 25.3 Å². The lowest BCUT2D eigenvalue weighted by atomic mass is 10.2. The molecule has 1 aromatic rings. The second kappa shape index (κ2) is 8.79. The van der Waals surface area contributed by atoms with Crippen LogP contribution in [0.15, 0.2) is 28.7 Å². The first-order chi connectivity index (χ1) is 11.5. The molecule has 1 aliphatic heterocycles. The van der Waals surface area contributed by atoms with Crippen molar-refractivity contribution in [2.45, 2.75) is 0 Å². The molecule has 8 heteroatoms. The number of carbonyl (C=O) groups is 3. The van der Waals surface area contributed by atoms with Crippen molar-refractivity contribution in [1.82, 2.24) is 9.80 Å². The Labute approximate surface area is 148 Å². The first-order valence-corrected chi connectivity index (χ1v) is 8.29.